The average Bonchev–Trinajstić information content (AvgIpc) is 3.18. The Balaban J connectivity index is 1.62. The Kier molecular flexibility index (Phi) is 2.96. The molecule has 0 saturated carbocycles. The van der Waals surface area contributed by atoms with Crippen LogP contribution in [0.5, 0.6) is 0 Å². The van der Waals surface area contributed by atoms with E-state index in [4.69, 9.17) is 4.52 Å². The van der Waals surface area contributed by atoms with E-state index in [0.29, 0.717) is 6.04 Å². The highest BCUT2D eigenvalue weighted by atomic mass is 16.5. The molecule has 0 bridgehead atoms. The van der Waals surface area contributed by atoms with E-state index in [2.05, 4.69) is 26.2 Å². The lowest BCUT2D eigenvalue weighted by Gasteiger charge is -2.22. The van der Waals surface area contributed by atoms with Gasteiger partial charge >= 0.3 is 0 Å². The van der Waals surface area contributed by atoms with Crippen molar-refractivity contribution in [1.82, 2.24) is 24.7 Å². The molecule has 1 aliphatic heterocycles. The number of hydrogen-bond acceptors (Lipinski definition) is 5. The minimum Gasteiger partial charge on any atom is -0.359 e. The van der Waals surface area contributed by atoms with Crippen LogP contribution in [0.3, 0.4) is 0 Å². The molecular weight excluding hydrogens is 266 g/mol. The predicted octanol–water partition coefficient (Wildman–Crippen LogP) is 2.36. The van der Waals surface area contributed by atoms with Crippen molar-refractivity contribution in [2.45, 2.75) is 32.4 Å². The second-order valence-electron chi connectivity index (χ2n) is 5.55. The van der Waals surface area contributed by atoms with Gasteiger partial charge in [-0.25, -0.2) is 9.50 Å². The predicted molar refractivity (Wildman–Crippen MR) is 76.6 cm³/mol. The van der Waals surface area contributed by atoms with Gasteiger partial charge in [-0.15, -0.1) is 0 Å². The van der Waals surface area contributed by atoms with Gasteiger partial charge < -0.3 is 4.52 Å². The van der Waals surface area contributed by atoms with Crippen molar-refractivity contribution in [3.8, 4) is 0 Å². The van der Waals surface area contributed by atoms with E-state index in [1.807, 2.05) is 29.6 Å². The van der Waals surface area contributed by atoms with Gasteiger partial charge in [0.2, 0.25) is 0 Å². The molecule has 0 amide bonds. The fraction of sp³-hybridized carbons (Fsp3) is 0.400. The van der Waals surface area contributed by atoms with E-state index in [-0.39, 0.29) is 0 Å². The second-order valence-corrected chi connectivity index (χ2v) is 5.55. The molecule has 108 valence electrons. The van der Waals surface area contributed by atoms with Crippen LogP contribution in [0.2, 0.25) is 0 Å². The SMILES string of the molecule is Cc1cc(C2CCCN2Cc2cccc3ncnn23)on1. The molecule has 1 fully saturated rings. The standard InChI is InChI=1S/C15H17N5O/c1-11-8-14(21-18-11)13-5-3-7-19(13)9-12-4-2-6-15-16-10-17-20(12)15/h2,4,6,8,10,13H,3,5,7,9H2,1H3. The summed E-state index contributed by atoms with van der Waals surface area (Å²) in [6, 6.07) is 8.45. The number of fused-ring (bicyclic) bond motifs is 1. The van der Waals surface area contributed by atoms with Crippen molar-refractivity contribution in [1.29, 1.82) is 0 Å². The summed E-state index contributed by atoms with van der Waals surface area (Å²) in [6.07, 6.45) is 3.89. The van der Waals surface area contributed by atoms with Gasteiger partial charge in [-0.2, -0.15) is 5.10 Å². The maximum absolute atomic E-state index is 5.46. The lowest BCUT2D eigenvalue weighted by Crippen LogP contribution is -2.23. The first-order valence-electron chi connectivity index (χ1n) is 7.26. The Bertz CT molecular complexity index is 762. The molecule has 1 atom stereocenters. The largest absolute Gasteiger partial charge is 0.359 e. The molecule has 0 aromatic carbocycles. The van der Waals surface area contributed by atoms with Gasteiger partial charge in [0.1, 0.15) is 6.33 Å². The monoisotopic (exact) mass is 283 g/mol. The number of pyridine rings is 1. The van der Waals surface area contributed by atoms with E-state index in [1.165, 1.54) is 6.42 Å². The molecule has 0 aliphatic carbocycles. The maximum atomic E-state index is 5.46. The fourth-order valence-corrected chi connectivity index (χ4v) is 3.11. The summed E-state index contributed by atoms with van der Waals surface area (Å²) >= 11 is 0. The zero-order valence-corrected chi connectivity index (χ0v) is 11.9. The molecule has 0 radical (unpaired) electrons. The first kappa shape index (κ1) is 12.5. The third-order valence-corrected chi connectivity index (χ3v) is 4.08. The Morgan fingerprint density at radius 1 is 1.38 bits per heavy atom. The normalized spacial score (nSPS) is 19.6. The molecule has 1 saturated heterocycles. The Morgan fingerprint density at radius 3 is 3.19 bits per heavy atom. The number of aryl methyl sites for hydroxylation is 1. The first-order chi connectivity index (χ1) is 10.3. The summed E-state index contributed by atoms with van der Waals surface area (Å²) in [7, 11) is 0. The Morgan fingerprint density at radius 2 is 2.33 bits per heavy atom. The molecule has 21 heavy (non-hydrogen) atoms. The summed E-state index contributed by atoms with van der Waals surface area (Å²) in [5.74, 6) is 0.968. The maximum Gasteiger partial charge on any atom is 0.155 e. The van der Waals surface area contributed by atoms with Crippen LogP contribution >= 0.6 is 0 Å². The van der Waals surface area contributed by atoms with Gasteiger partial charge in [-0.3, -0.25) is 4.90 Å². The van der Waals surface area contributed by atoms with Crippen LogP contribution in [0, 0.1) is 6.92 Å². The Hall–Kier alpha value is -2.21. The molecule has 6 nitrogen and oxygen atoms in total. The van der Waals surface area contributed by atoms with E-state index in [0.717, 1.165) is 42.3 Å². The van der Waals surface area contributed by atoms with Gasteiger partial charge in [0.05, 0.1) is 17.4 Å². The molecular formula is C15H17N5O. The van der Waals surface area contributed by atoms with Crippen LogP contribution in [-0.2, 0) is 6.54 Å². The van der Waals surface area contributed by atoms with Crippen LogP contribution in [0.1, 0.15) is 36.0 Å². The summed E-state index contributed by atoms with van der Waals surface area (Å²) in [6.45, 7) is 3.86. The fourth-order valence-electron chi connectivity index (χ4n) is 3.11. The van der Waals surface area contributed by atoms with Crippen molar-refractivity contribution < 1.29 is 4.52 Å². The lowest BCUT2D eigenvalue weighted by atomic mass is 10.1. The molecule has 0 N–H and O–H groups in total. The molecule has 6 heteroatoms. The van der Waals surface area contributed by atoms with Gasteiger partial charge in [-0.1, -0.05) is 11.2 Å². The van der Waals surface area contributed by atoms with Crippen LogP contribution in [0.4, 0.5) is 0 Å². The van der Waals surface area contributed by atoms with Gasteiger partial charge in [-0.05, 0) is 38.4 Å². The van der Waals surface area contributed by atoms with Crippen LogP contribution in [0.25, 0.3) is 5.65 Å². The smallest absolute Gasteiger partial charge is 0.155 e. The first-order valence-corrected chi connectivity index (χ1v) is 7.26. The van der Waals surface area contributed by atoms with Crippen LogP contribution < -0.4 is 0 Å². The highest BCUT2D eigenvalue weighted by Gasteiger charge is 2.29. The number of rotatable bonds is 3. The van der Waals surface area contributed by atoms with Crippen LogP contribution in [-0.4, -0.2) is 31.2 Å². The van der Waals surface area contributed by atoms with Crippen LogP contribution in [0.15, 0.2) is 35.1 Å². The van der Waals surface area contributed by atoms with Crippen molar-refractivity contribution in [2.24, 2.45) is 0 Å². The molecule has 1 aliphatic rings. The summed E-state index contributed by atoms with van der Waals surface area (Å²) in [5.41, 5.74) is 2.97. The highest BCUT2D eigenvalue weighted by molar-refractivity contribution is 5.37. The number of hydrogen-bond donors (Lipinski definition) is 0. The van der Waals surface area contributed by atoms with E-state index >= 15 is 0 Å². The third kappa shape index (κ3) is 2.21. The molecule has 1 unspecified atom stereocenters. The molecule has 3 aromatic rings. The van der Waals surface area contributed by atoms with E-state index in [1.54, 1.807) is 6.33 Å². The molecule has 4 rings (SSSR count). The molecule has 4 heterocycles. The molecule has 3 aromatic heterocycles. The van der Waals surface area contributed by atoms with Crippen molar-refractivity contribution in [2.75, 3.05) is 6.54 Å². The van der Waals surface area contributed by atoms with Gasteiger partial charge in [0, 0.05) is 12.6 Å². The van der Waals surface area contributed by atoms with Crippen molar-refractivity contribution >= 4 is 5.65 Å². The zero-order valence-electron chi connectivity index (χ0n) is 11.9. The number of likely N-dealkylation sites (tertiary alicyclic amines) is 1. The minimum absolute atomic E-state index is 0.310. The summed E-state index contributed by atoms with van der Waals surface area (Å²) in [4.78, 5) is 6.67. The summed E-state index contributed by atoms with van der Waals surface area (Å²) < 4.78 is 7.37. The average molecular weight is 283 g/mol. The highest BCUT2D eigenvalue weighted by Crippen LogP contribution is 2.33. The van der Waals surface area contributed by atoms with Crippen molar-refractivity contribution in [3.05, 3.63) is 47.7 Å². The second kappa shape index (κ2) is 4.96. The van der Waals surface area contributed by atoms with Gasteiger partial charge in [0.25, 0.3) is 0 Å². The quantitative estimate of drug-likeness (QED) is 0.738. The van der Waals surface area contributed by atoms with E-state index < -0.39 is 0 Å². The minimum atomic E-state index is 0.310. The van der Waals surface area contributed by atoms with Gasteiger partial charge in [0.15, 0.2) is 11.4 Å². The third-order valence-electron chi connectivity index (χ3n) is 4.08. The van der Waals surface area contributed by atoms with E-state index in [9.17, 15) is 0 Å². The number of nitrogens with zero attached hydrogens (tertiary/aromatic N) is 5. The topological polar surface area (TPSA) is 59.5 Å². The number of aromatic nitrogens is 4. The van der Waals surface area contributed by atoms with Crippen molar-refractivity contribution in [3.63, 3.8) is 0 Å². The Labute approximate surface area is 122 Å². The molecule has 0 spiro atoms. The zero-order chi connectivity index (χ0) is 14.2. The lowest BCUT2D eigenvalue weighted by molar-refractivity contribution is 0.203. The summed E-state index contributed by atoms with van der Waals surface area (Å²) in [5, 5.41) is 8.32.